The zero-order valence-corrected chi connectivity index (χ0v) is 15.9. The highest BCUT2D eigenvalue weighted by Crippen LogP contribution is 2.31. The van der Waals surface area contributed by atoms with Crippen LogP contribution in [0, 0.1) is 0 Å². The van der Waals surface area contributed by atoms with Crippen LogP contribution in [0.3, 0.4) is 0 Å². The van der Waals surface area contributed by atoms with Gasteiger partial charge in [-0.3, -0.25) is 4.79 Å². The number of fused-ring (bicyclic) bond motifs is 1. The minimum absolute atomic E-state index is 0.134. The first kappa shape index (κ1) is 18.7. The van der Waals surface area contributed by atoms with Crippen molar-refractivity contribution in [2.45, 2.75) is 4.90 Å². The molecule has 1 amide bonds. The topological polar surface area (TPSA) is 94.2 Å². The van der Waals surface area contributed by atoms with Crippen molar-refractivity contribution in [3.63, 3.8) is 0 Å². The van der Waals surface area contributed by atoms with Gasteiger partial charge in [0.05, 0.1) is 18.1 Å². The van der Waals surface area contributed by atoms with Gasteiger partial charge in [-0.2, -0.15) is 4.31 Å². The fourth-order valence-electron chi connectivity index (χ4n) is 3.06. The second-order valence-corrected chi connectivity index (χ2v) is 8.29. The van der Waals surface area contributed by atoms with Crippen molar-refractivity contribution in [1.29, 1.82) is 0 Å². The van der Waals surface area contributed by atoms with Crippen LogP contribution in [0.4, 0.5) is 5.69 Å². The molecule has 0 unspecified atom stereocenters. The molecule has 9 heteroatoms. The lowest BCUT2D eigenvalue weighted by Gasteiger charge is -2.26. The average molecular weight is 404 g/mol. The summed E-state index contributed by atoms with van der Waals surface area (Å²) >= 11 is 0. The van der Waals surface area contributed by atoms with Gasteiger partial charge in [0.2, 0.25) is 10.0 Å². The van der Waals surface area contributed by atoms with Crippen LogP contribution in [0.15, 0.2) is 47.4 Å². The normalized spacial score (nSPS) is 17.1. The van der Waals surface area contributed by atoms with Crippen molar-refractivity contribution in [2.24, 2.45) is 0 Å². The van der Waals surface area contributed by atoms with Gasteiger partial charge in [-0.25, -0.2) is 8.42 Å². The molecule has 2 aliphatic rings. The summed E-state index contributed by atoms with van der Waals surface area (Å²) in [6.07, 6.45) is 0. The third-order valence-electron chi connectivity index (χ3n) is 4.50. The van der Waals surface area contributed by atoms with E-state index in [-0.39, 0.29) is 10.8 Å². The van der Waals surface area contributed by atoms with E-state index in [0.29, 0.717) is 62.3 Å². The molecule has 0 radical (unpaired) electrons. The Labute approximate surface area is 163 Å². The molecule has 2 aliphatic heterocycles. The van der Waals surface area contributed by atoms with Gasteiger partial charge in [0, 0.05) is 24.3 Å². The lowest BCUT2D eigenvalue weighted by atomic mass is 10.1. The Morgan fingerprint density at radius 3 is 2.46 bits per heavy atom. The Morgan fingerprint density at radius 2 is 1.68 bits per heavy atom. The lowest BCUT2D eigenvalue weighted by Crippen LogP contribution is -2.40. The molecule has 4 rings (SSSR count). The van der Waals surface area contributed by atoms with Crippen molar-refractivity contribution in [3.8, 4) is 11.5 Å². The van der Waals surface area contributed by atoms with Gasteiger partial charge in [0.15, 0.2) is 11.5 Å². The Hall–Kier alpha value is -2.62. The fourth-order valence-corrected chi connectivity index (χ4v) is 4.51. The molecule has 1 saturated heterocycles. The fraction of sp³-hybridized carbons (Fsp3) is 0.316. The minimum atomic E-state index is -3.63. The summed E-state index contributed by atoms with van der Waals surface area (Å²) in [5.41, 5.74) is 0.792. The van der Waals surface area contributed by atoms with Gasteiger partial charge < -0.3 is 19.5 Å². The standard InChI is InChI=1S/C19H20N2O6S/c22-19(14-4-5-17-18(12-14)27-11-10-26-17)20-15-2-1-3-16(13-15)28(23,24)21-6-8-25-9-7-21/h1-5,12-13H,6-11H2,(H,20,22). The van der Waals surface area contributed by atoms with Crippen LogP contribution in [0.25, 0.3) is 0 Å². The molecule has 2 aromatic rings. The average Bonchev–Trinajstić information content (AvgIpc) is 2.74. The SMILES string of the molecule is O=C(Nc1cccc(S(=O)(=O)N2CCOCC2)c1)c1ccc2c(c1)OCCO2. The minimum Gasteiger partial charge on any atom is -0.486 e. The molecule has 1 N–H and O–H groups in total. The first-order valence-electron chi connectivity index (χ1n) is 8.93. The Morgan fingerprint density at radius 1 is 0.929 bits per heavy atom. The molecular weight excluding hydrogens is 384 g/mol. The molecule has 2 heterocycles. The highest BCUT2D eigenvalue weighted by atomic mass is 32.2. The van der Waals surface area contributed by atoms with E-state index in [1.807, 2.05) is 0 Å². The van der Waals surface area contributed by atoms with Gasteiger partial charge >= 0.3 is 0 Å². The van der Waals surface area contributed by atoms with E-state index >= 15 is 0 Å². The molecule has 8 nitrogen and oxygen atoms in total. The third kappa shape index (κ3) is 3.82. The van der Waals surface area contributed by atoms with E-state index in [4.69, 9.17) is 14.2 Å². The molecule has 148 valence electrons. The summed E-state index contributed by atoms with van der Waals surface area (Å²) in [6, 6.07) is 11.2. The molecule has 0 spiro atoms. The van der Waals surface area contributed by atoms with E-state index in [1.54, 1.807) is 30.3 Å². The Kier molecular flexibility index (Phi) is 5.21. The van der Waals surface area contributed by atoms with Gasteiger partial charge in [-0.05, 0) is 36.4 Å². The number of anilines is 1. The highest BCUT2D eigenvalue weighted by Gasteiger charge is 2.26. The van der Waals surface area contributed by atoms with Gasteiger partial charge in [0.1, 0.15) is 13.2 Å². The summed E-state index contributed by atoms with van der Waals surface area (Å²) in [5, 5.41) is 2.74. The number of ether oxygens (including phenoxy) is 3. The molecule has 0 bridgehead atoms. The number of carbonyl (C=O) groups excluding carboxylic acids is 1. The maximum Gasteiger partial charge on any atom is 0.255 e. The second-order valence-electron chi connectivity index (χ2n) is 6.36. The van der Waals surface area contributed by atoms with Crippen LogP contribution in [-0.4, -0.2) is 58.1 Å². The van der Waals surface area contributed by atoms with E-state index in [1.165, 1.54) is 16.4 Å². The molecule has 0 atom stereocenters. The van der Waals surface area contributed by atoms with E-state index in [9.17, 15) is 13.2 Å². The van der Waals surface area contributed by atoms with Crippen molar-refractivity contribution >= 4 is 21.6 Å². The molecule has 0 aliphatic carbocycles. The molecular formula is C19H20N2O6S. The maximum absolute atomic E-state index is 12.8. The van der Waals surface area contributed by atoms with Crippen LogP contribution in [-0.2, 0) is 14.8 Å². The number of nitrogens with zero attached hydrogens (tertiary/aromatic N) is 1. The summed E-state index contributed by atoms with van der Waals surface area (Å²) in [5.74, 6) is 0.752. The molecule has 0 aromatic heterocycles. The Balaban J connectivity index is 1.52. The van der Waals surface area contributed by atoms with Crippen molar-refractivity contribution in [3.05, 3.63) is 48.0 Å². The van der Waals surface area contributed by atoms with Crippen LogP contribution >= 0.6 is 0 Å². The van der Waals surface area contributed by atoms with Gasteiger partial charge in [-0.1, -0.05) is 6.07 Å². The zero-order valence-electron chi connectivity index (χ0n) is 15.1. The smallest absolute Gasteiger partial charge is 0.255 e. The first-order chi connectivity index (χ1) is 13.5. The molecule has 2 aromatic carbocycles. The number of benzene rings is 2. The summed E-state index contributed by atoms with van der Waals surface area (Å²) < 4.78 is 43.1. The quantitative estimate of drug-likeness (QED) is 0.834. The lowest BCUT2D eigenvalue weighted by molar-refractivity contribution is 0.0730. The van der Waals surface area contributed by atoms with Crippen molar-refractivity contribution in [2.75, 3.05) is 44.8 Å². The summed E-state index contributed by atoms with van der Waals surface area (Å²) in [4.78, 5) is 12.7. The highest BCUT2D eigenvalue weighted by molar-refractivity contribution is 7.89. The number of amides is 1. The zero-order chi connectivity index (χ0) is 19.6. The monoisotopic (exact) mass is 404 g/mol. The first-order valence-corrected chi connectivity index (χ1v) is 10.4. The Bertz CT molecular complexity index is 986. The number of nitrogens with one attached hydrogen (secondary N) is 1. The largest absolute Gasteiger partial charge is 0.486 e. The van der Waals surface area contributed by atoms with Crippen molar-refractivity contribution < 1.29 is 27.4 Å². The number of rotatable bonds is 4. The van der Waals surface area contributed by atoms with Crippen LogP contribution in [0.2, 0.25) is 0 Å². The van der Waals surface area contributed by atoms with Crippen LogP contribution in [0.5, 0.6) is 11.5 Å². The van der Waals surface area contributed by atoms with E-state index < -0.39 is 10.0 Å². The molecule has 0 saturated carbocycles. The molecule has 1 fully saturated rings. The number of sulfonamides is 1. The number of hydrogen-bond donors (Lipinski definition) is 1. The van der Waals surface area contributed by atoms with Gasteiger partial charge in [0.25, 0.3) is 5.91 Å². The third-order valence-corrected chi connectivity index (χ3v) is 6.40. The number of morpholine rings is 1. The van der Waals surface area contributed by atoms with E-state index in [0.717, 1.165) is 0 Å². The predicted molar refractivity (Wildman–Crippen MR) is 101 cm³/mol. The summed E-state index contributed by atoms with van der Waals surface area (Å²) in [6.45, 7) is 2.29. The van der Waals surface area contributed by atoms with Crippen LogP contribution < -0.4 is 14.8 Å². The number of carbonyl (C=O) groups is 1. The van der Waals surface area contributed by atoms with Crippen LogP contribution in [0.1, 0.15) is 10.4 Å². The maximum atomic E-state index is 12.8. The second kappa shape index (κ2) is 7.78. The summed E-state index contributed by atoms with van der Waals surface area (Å²) in [7, 11) is -3.63. The van der Waals surface area contributed by atoms with Crippen molar-refractivity contribution in [1.82, 2.24) is 4.31 Å². The molecule has 28 heavy (non-hydrogen) atoms. The van der Waals surface area contributed by atoms with E-state index in [2.05, 4.69) is 5.32 Å². The van der Waals surface area contributed by atoms with Gasteiger partial charge in [-0.15, -0.1) is 0 Å². The predicted octanol–water partition coefficient (Wildman–Crippen LogP) is 1.73. The number of hydrogen-bond acceptors (Lipinski definition) is 6.